The fourth-order valence-corrected chi connectivity index (χ4v) is 3.80. The summed E-state index contributed by atoms with van der Waals surface area (Å²) in [5.41, 5.74) is 0.456. The molecule has 23 heavy (non-hydrogen) atoms. The van der Waals surface area contributed by atoms with Gasteiger partial charge in [-0.1, -0.05) is 13.3 Å². The van der Waals surface area contributed by atoms with Crippen LogP contribution in [0.3, 0.4) is 0 Å². The summed E-state index contributed by atoms with van der Waals surface area (Å²) in [6, 6.07) is 0. The van der Waals surface area contributed by atoms with Gasteiger partial charge in [-0.3, -0.25) is 9.69 Å². The number of carbonyl (C=O) groups is 1. The molecule has 1 amide bonds. The molecule has 6 heteroatoms. The average Bonchev–Trinajstić information content (AvgIpc) is 3.02. The molecule has 0 radical (unpaired) electrons. The number of thiazole rings is 1. The topological polar surface area (TPSA) is 54.5 Å². The maximum atomic E-state index is 12.3. The molecule has 1 aromatic rings. The largest absolute Gasteiger partial charge is 0.378 e. The van der Waals surface area contributed by atoms with Crippen LogP contribution in [0.4, 0.5) is 0 Å². The van der Waals surface area contributed by atoms with E-state index in [-0.39, 0.29) is 11.4 Å². The maximum Gasteiger partial charge on any atom is 0.270 e. The minimum Gasteiger partial charge on any atom is -0.378 e. The minimum atomic E-state index is -0.0965. The third kappa shape index (κ3) is 4.99. The van der Waals surface area contributed by atoms with Crippen LogP contribution in [0.2, 0.25) is 0 Å². The summed E-state index contributed by atoms with van der Waals surface area (Å²) >= 11 is 1.46. The Bertz CT molecular complexity index is 516. The van der Waals surface area contributed by atoms with Crippen molar-refractivity contribution in [2.75, 3.05) is 26.7 Å². The number of hydrogen-bond donors (Lipinski definition) is 1. The standard InChI is InChI=1S/C17H29N3O2S/c1-5-13-7-6-8-20(9-13)17(2,3)12-18-16(21)14-11-23-15(19-14)10-22-4/h11,13H,5-10,12H2,1-4H3,(H,18,21). The molecule has 0 spiro atoms. The van der Waals surface area contributed by atoms with Crippen molar-refractivity contribution in [3.05, 3.63) is 16.1 Å². The van der Waals surface area contributed by atoms with E-state index < -0.39 is 0 Å². The fraction of sp³-hybridized carbons (Fsp3) is 0.765. The number of likely N-dealkylation sites (tertiary alicyclic amines) is 1. The number of hydrogen-bond acceptors (Lipinski definition) is 5. The van der Waals surface area contributed by atoms with E-state index in [4.69, 9.17) is 4.74 Å². The summed E-state index contributed by atoms with van der Waals surface area (Å²) in [6.07, 6.45) is 3.82. The molecule has 1 unspecified atom stereocenters. The van der Waals surface area contributed by atoms with Gasteiger partial charge in [0.1, 0.15) is 10.7 Å². The first-order chi connectivity index (χ1) is 11.0. The highest BCUT2D eigenvalue weighted by atomic mass is 32.1. The van der Waals surface area contributed by atoms with Gasteiger partial charge in [0.25, 0.3) is 5.91 Å². The Balaban J connectivity index is 1.88. The van der Waals surface area contributed by atoms with Gasteiger partial charge < -0.3 is 10.1 Å². The molecule has 0 aromatic carbocycles. The molecule has 1 saturated heterocycles. The minimum absolute atomic E-state index is 0.0329. The quantitative estimate of drug-likeness (QED) is 0.830. The number of amides is 1. The van der Waals surface area contributed by atoms with Crippen LogP contribution in [-0.2, 0) is 11.3 Å². The van der Waals surface area contributed by atoms with E-state index in [1.807, 2.05) is 0 Å². The van der Waals surface area contributed by atoms with Crippen molar-refractivity contribution in [1.82, 2.24) is 15.2 Å². The van der Waals surface area contributed by atoms with Gasteiger partial charge in [-0.05, 0) is 39.2 Å². The van der Waals surface area contributed by atoms with Crippen molar-refractivity contribution >= 4 is 17.2 Å². The summed E-state index contributed by atoms with van der Waals surface area (Å²) in [5.74, 6) is 0.689. The molecular formula is C17H29N3O2S. The second kappa shape index (κ2) is 8.22. The number of methoxy groups -OCH3 is 1. The number of nitrogens with zero attached hydrogens (tertiary/aromatic N) is 2. The van der Waals surface area contributed by atoms with Gasteiger partial charge in [0.05, 0.1) is 6.61 Å². The fourth-order valence-electron chi connectivity index (χ4n) is 3.05. The Hall–Kier alpha value is -0.980. The van der Waals surface area contributed by atoms with Gasteiger partial charge in [-0.15, -0.1) is 11.3 Å². The third-order valence-electron chi connectivity index (χ3n) is 4.69. The van der Waals surface area contributed by atoms with Crippen molar-refractivity contribution in [3.63, 3.8) is 0 Å². The maximum absolute atomic E-state index is 12.3. The Morgan fingerprint density at radius 1 is 1.57 bits per heavy atom. The van der Waals surface area contributed by atoms with Gasteiger partial charge in [-0.25, -0.2) is 4.98 Å². The number of rotatable bonds is 7. The van der Waals surface area contributed by atoms with Crippen molar-refractivity contribution < 1.29 is 9.53 Å². The van der Waals surface area contributed by atoms with E-state index in [1.165, 1.54) is 30.6 Å². The predicted octanol–water partition coefficient (Wildman–Crippen LogP) is 2.92. The van der Waals surface area contributed by atoms with Gasteiger partial charge in [0.15, 0.2) is 0 Å². The van der Waals surface area contributed by atoms with Crippen LogP contribution in [0.15, 0.2) is 5.38 Å². The molecule has 130 valence electrons. The molecule has 1 aromatic heterocycles. The molecule has 5 nitrogen and oxygen atoms in total. The number of aromatic nitrogens is 1. The molecule has 1 aliphatic rings. The smallest absolute Gasteiger partial charge is 0.270 e. The van der Waals surface area contributed by atoms with Crippen molar-refractivity contribution in [3.8, 4) is 0 Å². The number of nitrogens with one attached hydrogen (secondary N) is 1. The summed E-state index contributed by atoms with van der Waals surface area (Å²) in [7, 11) is 1.63. The molecule has 0 aliphatic carbocycles. The van der Waals surface area contributed by atoms with Crippen LogP contribution in [0.1, 0.15) is 55.5 Å². The van der Waals surface area contributed by atoms with Crippen LogP contribution in [0, 0.1) is 5.92 Å². The normalized spacial score (nSPS) is 19.7. The Labute approximate surface area is 143 Å². The summed E-state index contributed by atoms with van der Waals surface area (Å²) in [6.45, 7) is 10.0. The number of carbonyl (C=O) groups excluding carboxylic acids is 1. The number of ether oxygens (including phenoxy) is 1. The van der Waals surface area contributed by atoms with E-state index in [2.05, 4.69) is 36.0 Å². The first-order valence-corrected chi connectivity index (χ1v) is 9.30. The predicted molar refractivity (Wildman–Crippen MR) is 93.8 cm³/mol. The van der Waals surface area contributed by atoms with Crippen LogP contribution in [0.5, 0.6) is 0 Å². The Morgan fingerprint density at radius 3 is 3.04 bits per heavy atom. The molecule has 1 fully saturated rings. The zero-order chi connectivity index (χ0) is 16.9. The number of piperidine rings is 1. The average molecular weight is 340 g/mol. The van der Waals surface area contributed by atoms with E-state index >= 15 is 0 Å². The summed E-state index contributed by atoms with van der Waals surface area (Å²) < 4.78 is 5.04. The van der Waals surface area contributed by atoms with E-state index in [0.29, 0.717) is 18.8 Å². The molecule has 1 atom stereocenters. The highest BCUT2D eigenvalue weighted by molar-refractivity contribution is 7.09. The first-order valence-electron chi connectivity index (χ1n) is 8.43. The second-order valence-electron chi connectivity index (χ2n) is 6.92. The zero-order valence-electron chi connectivity index (χ0n) is 14.7. The lowest BCUT2D eigenvalue weighted by Crippen LogP contribution is -2.54. The van der Waals surface area contributed by atoms with E-state index in [9.17, 15) is 4.79 Å². The van der Waals surface area contributed by atoms with Crippen LogP contribution in [0.25, 0.3) is 0 Å². The highest BCUT2D eigenvalue weighted by Crippen LogP contribution is 2.25. The summed E-state index contributed by atoms with van der Waals surface area (Å²) in [4.78, 5) is 19.1. The second-order valence-corrected chi connectivity index (χ2v) is 7.86. The van der Waals surface area contributed by atoms with Crippen molar-refractivity contribution in [2.24, 2.45) is 5.92 Å². The lowest BCUT2D eigenvalue weighted by atomic mass is 9.91. The molecule has 2 heterocycles. The molecule has 1 aliphatic heterocycles. The van der Waals surface area contributed by atoms with Crippen molar-refractivity contribution in [1.29, 1.82) is 0 Å². The highest BCUT2D eigenvalue weighted by Gasteiger charge is 2.31. The zero-order valence-corrected chi connectivity index (χ0v) is 15.5. The van der Waals surface area contributed by atoms with Crippen molar-refractivity contribution in [2.45, 2.75) is 52.2 Å². The van der Waals surface area contributed by atoms with E-state index in [0.717, 1.165) is 24.0 Å². The third-order valence-corrected chi connectivity index (χ3v) is 5.51. The lowest BCUT2D eigenvalue weighted by molar-refractivity contribution is 0.0611. The molecule has 0 saturated carbocycles. The molecular weight excluding hydrogens is 310 g/mol. The van der Waals surface area contributed by atoms with E-state index in [1.54, 1.807) is 12.5 Å². The van der Waals surface area contributed by atoms with Gasteiger partial charge in [0.2, 0.25) is 0 Å². The van der Waals surface area contributed by atoms with Gasteiger partial charge in [0, 0.05) is 31.1 Å². The van der Waals surface area contributed by atoms with Crippen LogP contribution < -0.4 is 5.32 Å². The molecule has 1 N–H and O–H groups in total. The Morgan fingerprint density at radius 2 is 2.35 bits per heavy atom. The van der Waals surface area contributed by atoms with Gasteiger partial charge >= 0.3 is 0 Å². The van der Waals surface area contributed by atoms with Gasteiger partial charge in [-0.2, -0.15) is 0 Å². The molecule has 0 bridgehead atoms. The first kappa shape index (κ1) is 18.4. The molecule has 2 rings (SSSR count). The lowest BCUT2D eigenvalue weighted by Gasteiger charge is -2.43. The van der Waals surface area contributed by atoms with Crippen LogP contribution >= 0.6 is 11.3 Å². The monoisotopic (exact) mass is 339 g/mol. The van der Waals surface area contributed by atoms with Crippen LogP contribution in [-0.4, -0.2) is 48.1 Å². The summed E-state index contributed by atoms with van der Waals surface area (Å²) in [5, 5.41) is 5.68. The SMILES string of the molecule is CCC1CCCN(C(C)(C)CNC(=O)c2csc(COC)n2)C1. The Kier molecular flexibility index (Phi) is 6.56.